The van der Waals surface area contributed by atoms with Crippen LogP contribution in [0.3, 0.4) is 0 Å². The molecule has 20 heavy (non-hydrogen) atoms. The number of hydrogen-bond acceptors (Lipinski definition) is 4. The Kier molecular flexibility index (Phi) is 7.27. The molecule has 110 valence electrons. The molecule has 2 N–H and O–H groups in total. The number of nitrogens with one attached hydrogen (secondary N) is 2. The van der Waals surface area contributed by atoms with Crippen molar-refractivity contribution in [3.63, 3.8) is 0 Å². The predicted octanol–water partition coefficient (Wildman–Crippen LogP) is 1.39. The monoisotopic (exact) mass is 300 g/mol. The smallest absolute Gasteiger partial charge is 0.407 e. The number of rotatable bonds is 7. The van der Waals surface area contributed by atoms with Crippen LogP contribution in [0.5, 0.6) is 5.75 Å². The van der Waals surface area contributed by atoms with Gasteiger partial charge in [-0.05, 0) is 24.3 Å². The summed E-state index contributed by atoms with van der Waals surface area (Å²) in [6.45, 7) is 0.745. The summed E-state index contributed by atoms with van der Waals surface area (Å²) < 4.78 is 9.70. The number of carbonyl (C=O) groups excluding carboxylic acids is 2. The van der Waals surface area contributed by atoms with E-state index >= 15 is 0 Å². The molecule has 1 aromatic carbocycles. The Hall–Kier alpha value is -1.95. The van der Waals surface area contributed by atoms with Crippen LogP contribution in [-0.2, 0) is 4.74 Å². The molecule has 6 nitrogen and oxygen atoms in total. The zero-order valence-corrected chi connectivity index (χ0v) is 11.9. The van der Waals surface area contributed by atoms with E-state index in [4.69, 9.17) is 21.1 Å². The van der Waals surface area contributed by atoms with E-state index in [9.17, 15) is 9.59 Å². The summed E-state index contributed by atoms with van der Waals surface area (Å²) in [6, 6.07) is 6.74. The first-order valence-corrected chi connectivity index (χ1v) is 6.59. The van der Waals surface area contributed by atoms with Crippen molar-refractivity contribution in [3.8, 4) is 5.75 Å². The van der Waals surface area contributed by atoms with Gasteiger partial charge in [-0.2, -0.15) is 0 Å². The number of benzene rings is 1. The molecule has 0 spiro atoms. The molecule has 0 aliphatic rings. The van der Waals surface area contributed by atoms with Crippen LogP contribution in [-0.4, -0.2) is 44.7 Å². The van der Waals surface area contributed by atoms with Gasteiger partial charge in [0, 0.05) is 18.7 Å². The molecule has 0 saturated carbocycles. The highest BCUT2D eigenvalue weighted by molar-refractivity contribution is 6.18. The van der Waals surface area contributed by atoms with E-state index < -0.39 is 6.09 Å². The Morgan fingerprint density at radius 3 is 2.40 bits per heavy atom. The van der Waals surface area contributed by atoms with Crippen LogP contribution in [0.2, 0.25) is 0 Å². The topological polar surface area (TPSA) is 76.7 Å². The van der Waals surface area contributed by atoms with Crippen molar-refractivity contribution in [2.45, 2.75) is 0 Å². The minimum Gasteiger partial charge on any atom is -0.497 e. The van der Waals surface area contributed by atoms with E-state index in [0.717, 1.165) is 0 Å². The van der Waals surface area contributed by atoms with Crippen LogP contribution >= 0.6 is 11.6 Å². The van der Waals surface area contributed by atoms with Crippen molar-refractivity contribution >= 4 is 23.6 Å². The van der Waals surface area contributed by atoms with Gasteiger partial charge in [-0.3, -0.25) is 4.79 Å². The number of methoxy groups -OCH3 is 1. The molecule has 0 aliphatic heterocycles. The minimum atomic E-state index is -0.552. The largest absolute Gasteiger partial charge is 0.497 e. The zero-order chi connectivity index (χ0) is 14.8. The third-order valence-corrected chi connectivity index (χ3v) is 2.50. The maximum absolute atomic E-state index is 11.7. The molecule has 1 aromatic rings. The zero-order valence-electron chi connectivity index (χ0n) is 11.1. The number of ether oxygens (including phenoxy) is 2. The SMILES string of the molecule is COc1ccc(C(=O)NCCNC(=O)OCCCl)cc1. The summed E-state index contributed by atoms with van der Waals surface area (Å²) in [4.78, 5) is 22.8. The minimum absolute atomic E-state index is 0.158. The van der Waals surface area contributed by atoms with Crippen molar-refractivity contribution in [2.24, 2.45) is 0 Å². The molecule has 0 aliphatic carbocycles. The maximum atomic E-state index is 11.7. The fourth-order valence-electron chi connectivity index (χ4n) is 1.37. The van der Waals surface area contributed by atoms with Crippen LogP contribution < -0.4 is 15.4 Å². The van der Waals surface area contributed by atoms with E-state index in [2.05, 4.69) is 10.6 Å². The van der Waals surface area contributed by atoms with Crippen molar-refractivity contribution in [1.29, 1.82) is 0 Å². The Morgan fingerprint density at radius 2 is 1.80 bits per heavy atom. The van der Waals surface area contributed by atoms with Crippen molar-refractivity contribution in [2.75, 3.05) is 32.7 Å². The van der Waals surface area contributed by atoms with Gasteiger partial charge >= 0.3 is 6.09 Å². The second-order valence-corrected chi connectivity index (χ2v) is 4.11. The van der Waals surface area contributed by atoms with E-state index in [1.807, 2.05) is 0 Å². The molecular weight excluding hydrogens is 284 g/mol. The second kappa shape index (κ2) is 9.03. The number of alkyl halides is 1. The lowest BCUT2D eigenvalue weighted by Gasteiger charge is -2.07. The highest BCUT2D eigenvalue weighted by Crippen LogP contribution is 2.10. The number of halogens is 1. The Morgan fingerprint density at radius 1 is 1.15 bits per heavy atom. The van der Waals surface area contributed by atoms with Crippen LogP contribution in [0, 0.1) is 0 Å². The predicted molar refractivity (Wildman–Crippen MR) is 75.4 cm³/mol. The molecule has 0 saturated heterocycles. The molecule has 0 unspecified atom stereocenters. The third kappa shape index (κ3) is 5.79. The highest BCUT2D eigenvalue weighted by Gasteiger charge is 2.05. The summed E-state index contributed by atoms with van der Waals surface area (Å²) >= 11 is 5.37. The Bertz CT molecular complexity index is 437. The first-order valence-electron chi connectivity index (χ1n) is 6.06. The number of alkyl carbamates (subject to hydrolysis) is 1. The first kappa shape index (κ1) is 16.1. The van der Waals surface area contributed by atoms with Crippen LogP contribution in [0.1, 0.15) is 10.4 Å². The van der Waals surface area contributed by atoms with E-state index in [1.165, 1.54) is 0 Å². The summed E-state index contributed by atoms with van der Waals surface area (Å²) in [5, 5.41) is 5.16. The summed E-state index contributed by atoms with van der Waals surface area (Å²) in [5.41, 5.74) is 0.524. The molecular formula is C13H17ClN2O4. The average molecular weight is 301 g/mol. The molecule has 0 bridgehead atoms. The molecule has 0 atom stereocenters. The quantitative estimate of drug-likeness (QED) is 0.589. The molecule has 0 radical (unpaired) electrons. The summed E-state index contributed by atoms with van der Waals surface area (Å²) in [5.74, 6) is 0.718. The summed E-state index contributed by atoms with van der Waals surface area (Å²) in [7, 11) is 1.56. The van der Waals surface area contributed by atoms with Crippen LogP contribution in [0.4, 0.5) is 4.79 Å². The van der Waals surface area contributed by atoms with Crippen LogP contribution in [0.15, 0.2) is 24.3 Å². The average Bonchev–Trinajstić information content (AvgIpc) is 2.49. The van der Waals surface area contributed by atoms with Gasteiger partial charge in [-0.1, -0.05) is 0 Å². The fourth-order valence-corrected chi connectivity index (χ4v) is 1.44. The standard InChI is InChI=1S/C13H17ClN2O4/c1-19-11-4-2-10(3-5-11)12(17)15-7-8-16-13(18)20-9-6-14/h2-5H,6-9H2,1H3,(H,15,17)(H,16,18). The van der Waals surface area contributed by atoms with Gasteiger partial charge in [0.15, 0.2) is 0 Å². The van der Waals surface area contributed by atoms with E-state index in [-0.39, 0.29) is 24.9 Å². The normalized spacial score (nSPS) is 9.70. The Labute approximate surface area is 122 Å². The van der Waals surface area contributed by atoms with Crippen LogP contribution in [0.25, 0.3) is 0 Å². The fraction of sp³-hybridized carbons (Fsp3) is 0.385. The summed E-state index contributed by atoms with van der Waals surface area (Å²) in [6.07, 6.45) is -0.552. The van der Waals surface area contributed by atoms with Gasteiger partial charge in [0.1, 0.15) is 12.4 Å². The van der Waals surface area contributed by atoms with Gasteiger partial charge in [-0.25, -0.2) is 4.79 Å². The van der Waals surface area contributed by atoms with Gasteiger partial charge in [0.2, 0.25) is 0 Å². The van der Waals surface area contributed by atoms with Gasteiger partial charge in [0.05, 0.1) is 13.0 Å². The molecule has 0 fully saturated rings. The number of carbonyl (C=O) groups is 2. The molecule has 0 heterocycles. The second-order valence-electron chi connectivity index (χ2n) is 3.74. The van der Waals surface area contributed by atoms with Gasteiger partial charge < -0.3 is 20.1 Å². The first-order chi connectivity index (χ1) is 9.67. The highest BCUT2D eigenvalue weighted by atomic mass is 35.5. The van der Waals surface area contributed by atoms with Crippen molar-refractivity contribution in [3.05, 3.63) is 29.8 Å². The molecule has 1 rings (SSSR count). The Balaban J connectivity index is 2.24. The lowest BCUT2D eigenvalue weighted by molar-refractivity contribution is 0.0952. The third-order valence-electron chi connectivity index (χ3n) is 2.34. The molecule has 2 amide bonds. The van der Waals surface area contributed by atoms with Crippen molar-refractivity contribution in [1.82, 2.24) is 10.6 Å². The molecule has 7 heteroatoms. The van der Waals surface area contributed by atoms with E-state index in [0.29, 0.717) is 17.9 Å². The van der Waals surface area contributed by atoms with E-state index in [1.54, 1.807) is 31.4 Å². The van der Waals surface area contributed by atoms with Gasteiger partial charge in [0.25, 0.3) is 5.91 Å². The maximum Gasteiger partial charge on any atom is 0.407 e. The molecule has 0 aromatic heterocycles. The number of amides is 2. The lowest BCUT2D eigenvalue weighted by Crippen LogP contribution is -2.35. The number of hydrogen-bond donors (Lipinski definition) is 2. The van der Waals surface area contributed by atoms with Crippen molar-refractivity contribution < 1.29 is 19.1 Å². The lowest BCUT2D eigenvalue weighted by atomic mass is 10.2. The van der Waals surface area contributed by atoms with Gasteiger partial charge in [-0.15, -0.1) is 11.6 Å².